The van der Waals surface area contributed by atoms with Crippen molar-refractivity contribution in [2.24, 2.45) is 0 Å². The third-order valence-electron chi connectivity index (χ3n) is 2.73. The maximum atomic E-state index is 9.69. The summed E-state index contributed by atoms with van der Waals surface area (Å²) in [7, 11) is 0. The zero-order valence-corrected chi connectivity index (χ0v) is 11.3. The number of phenolic OH excluding ortho intramolecular Hbond substituents is 1. The highest BCUT2D eigenvalue weighted by atomic mass is 35.5. The van der Waals surface area contributed by atoms with Gasteiger partial charge in [0.1, 0.15) is 18.1 Å². The average molecular weight is 279 g/mol. The number of rotatable bonds is 4. The molecule has 0 aliphatic rings. The highest BCUT2D eigenvalue weighted by Crippen LogP contribution is 2.29. The second-order valence-corrected chi connectivity index (χ2v) is 4.75. The number of benzene rings is 2. The van der Waals surface area contributed by atoms with E-state index in [0.29, 0.717) is 22.9 Å². The van der Waals surface area contributed by atoms with Crippen molar-refractivity contribution in [1.82, 2.24) is 0 Å². The Hall–Kier alpha value is -1.71. The fourth-order valence-electron chi connectivity index (χ4n) is 1.78. The van der Waals surface area contributed by atoms with E-state index in [1.54, 1.807) is 43.3 Å². The lowest BCUT2D eigenvalue weighted by molar-refractivity contribution is 0.190. The molecule has 19 heavy (non-hydrogen) atoms. The number of hydrogen-bond acceptors (Lipinski definition) is 3. The smallest absolute Gasteiger partial charge is 0.125 e. The third-order valence-corrected chi connectivity index (χ3v) is 2.96. The van der Waals surface area contributed by atoms with E-state index in [4.69, 9.17) is 16.3 Å². The molecule has 1 atom stereocenters. The van der Waals surface area contributed by atoms with Crippen LogP contribution in [0.1, 0.15) is 24.2 Å². The molecule has 2 N–H and O–H groups in total. The minimum absolute atomic E-state index is 0.202. The van der Waals surface area contributed by atoms with Crippen LogP contribution in [0.3, 0.4) is 0 Å². The molecule has 0 aliphatic heterocycles. The van der Waals surface area contributed by atoms with Crippen molar-refractivity contribution in [1.29, 1.82) is 0 Å². The van der Waals surface area contributed by atoms with E-state index in [1.165, 1.54) is 0 Å². The molecule has 100 valence electrons. The van der Waals surface area contributed by atoms with Gasteiger partial charge in [-0.1, -0.05) is 23.7 Å². The van der Waals surface area contributed by atoms with Gasteiger partial charge in [0.2, 0.25) is 0 Å². The molecule has 0 aromatic heterocycles. The molecule has 0 heterocycles. The van der Waals surface area contributed by atoms with Crippen LogP contribution in [0, 0.1) is 0 Å². The van der Waals surface area contributed by atoms with E-state index >= 15 is 0 Å². The van der Waals surface area contributed by atoms with Crippen LogP contribution in [0.2, 0.25) is 5.02 Å². The number of aliphatic hydroxyl groups excluding tert-OH is 1. The molecule has 2 rings (SSSR count). The maximum Gasteiger partial charge on any atom is 0.125 e. The summed E-state index contributed by atoms with van der Waals surface area (Å²) in [6.45, 7) is 1.97. The molecule has 0 amide bonds. The topological polar surface area (TPSA) is 49.7 Å². The van der Waals surface area contributed by atoms with Crippen molar-refractivity contribution in [3.8, 4) is 11.5 Å². The first kappa shape index (κ1) is 13.7. The van der Waals surface area contributed by atoms with Crippen molar-refractivity contribution >= 4 is 11.6 Å². The molecule has 0 spiro atoms. The first-order valence-corrected chi connectivity index (χ1v) is 6.32. The molecule has 2 aromatic carbocycles. The molecular weight excluding hydrogens is 264 g/mol. The minimum Gasteiger partial charge on any atom is -0.508 e. The second kappa shape index (κ2) is 5.95. The predicted octanol–water partition coefficient (Wildman–Crippen LogP) is 3.68. The van der Waals surface area contributed by atoms with Crippen molar-refractivity contribution in [3.05, 3.63) is 58.6 Å². The van der Waals surface area contributed by atoms with Crippen LogP contribution in [0.5, 0.6) is 11.5 Å². The molecule has 0 unspecified atom stereocenters. The van der Waals surface area contributed by atoms with Crippen molar-refractivity contribution in [3.63, 3.8) is 0 Å². The summed E-state index contributed by atoms with van der Waals surface area (Å²) in [5.41, 5.74) is 1.50. The molecule has 2 aromatic rings. The van der Waals surface area contributed by atoms with Gasteiger partial charge in [-0.25, -0.2) is 0 Å². The van der Waals surface area contributed by atoms with Gasteiger partial charge in [-0.15, -0.1) is 0 Å². The van der Waals surface area contributed by atoms with Crippen molar-refractivity contribution in [2.45, 2.75) is 19.6 Å². The molecule has 0 saturated heterocycles. The summed E-state index contributed by atoms with van der Waals surface area (Å²) in [6.07, 6.45) is -0.655. The Bertz CT molecular complexity index is 567. The Labute approximate surface area is 117 Å². The summed E-state index contributed by atoms with van der Waals surface area (Å²) < 4.78 is 5.66. The van der Waals surface area contributed by atoms with Gasteiger partial charge in [-0.3, -0.25) is 0 Å². The summed E-state index contributed by atoms with van der Waals surface area (Å²) in [4.78, 5) is 0. The SMILES string of the molecule is C[C@H](O)c1cc(Cl)ccc1OCc1cccc(O)c1. The second-order valence-electron chi connectivity index (χ2n) is 4.32. The number of ether oxygens (including phenoxy) is 1. The minimum atomic E-state index is -0.655. The number of aromatic hydroxyl groups is 1. The largest absolute Gasteiger partial charge is 0.508 e. The van der Waals surface area contributed by atoms with E-state index in [1.807, 2.05) is 6.07 Å². The van der Waals surface area contributed by atoms with Gasteiger partial charge in [0.05, 0.1) is 6.10 Å². The molecule has 0 bridgehead atoms. The average Bonchev–Trinajstić information content (AvgIpc) is 2.37. The summed E-state index contributed by atoms with van der Waals surface area (Å²) >= 11 is 5.90. The van der Waals surface area contributed by atoms with Gasteiger partial charge >= 0.3 is 0 Å². The summed E-state index contributed by atoms with van der Waals surface area (Å²) in [5.74, 6) is 0.788. The summed E-state index contributed by atoms with van der Waals surface area (Å²) in [6, 6.07) is 12.0. The molecule has 0 aliphatic carbocycles. The van der Waals surface area contributed by atoms with Crippen molar-refractivity contribution < 1.29 is 14.9 Å². The Morgan fingerprint density at radius 2 is 2.00 bits per heavy atom. The van der Waals surface area contributed by atoms with Crippen LogP contribution in [0.4, 0.5) is 0 Å². The van der Waals surface area contributed by atoms with Crippen LogP contribution in [0.25, 0.3) is 0 Å². The van der Waals surface area contributed by atoms with Gasteiger partial charge in [-0.05, 0) is 42.8 Å². The number of hydrogen-bond donors (Lipinski definition) is 2. The van der Waals surface area contributed by atoms with Gasteiger partial charge in [0.25, 0.3) is 0 Å². The van der Waals surface area contributed by atoms with Crippen LogP contribution in [-0.2, 0) is 6.61 Å². The van der Waals surface area contributed by atoms with Crippen LogP contribution < -0.4 is 4.74 Å². The molecule has 0 radical (unpaired) electrons. The highest BCUT2D eigenvalue weighted by Gasteiger charge is 2.10. The van der Waals surface area contributed by atoms with E-state index < -0.39 is 6.10 Å². The predicted molar refractivity (Wildman–Crippen MR) is 74.5 cm³/mol. The number of aliphatic hydroxyl groups is 1. The van der Waals surface area contributed by atoms with Crippen LogP contribution >= 0.6 is 11.6 Å². The molecule has 3 nitrogen and oxygen atoms in total. The Kier molecular flexibility index (Phi) is 4.30. The number of phenols is 1. The van der Waals surface area contributed by atoms with E-state index in [2.05, 4.69) is 0 Å². The Morgan fingerprint density at radius 1 is 1.21 bits per heavy atom. The van der Waals surface area contributed by atoms with Gasteiger partial charge in [0, 0.05) is 10.6 Å². The normalized spacial score (nSPS) is 12.2. The molecule has 4 heteroatoms. The van der Waals surface area contributed by atoms with Crippen LogP contribution in [0.15, 0.2) is 42.5 Å². The fourth-order valence-corrected chi connectivity index (χ4v) is 1.97. The first-order chi connectivity index (χ1) is 9.06. The monoisotopic (exact) mass is 278 g/mol. The molecule has 0 fully saturated rings. The molecule has 0 saturated carbocycles. The van der Waals surface area contributed by atoms with E-state index in [9.17, 15) is 10.2 Å². The van der Waals surface area contributed by atoms with E-state index in [-0.39, 0.29) is 5.75 Å². The highest BCUT2D eigenvalue weighted by molar-refractivity contribution is 6.30. The zero-order chi connectivity index (χ0) is 13.8. The maximum absolute atomic E-state index is 9.69. The van der Waals surface area contributed by atoms with Gasteiger partial charge < -0.3 is 14.9 Å². The van der Waals surface area contributed by atoms with E-state index in [0.717, 1.165) is 5.56 Å². The molecular formula is C15H15ClO3. The lowest BCUT2D eigenvalue weighted by Crippen LogP contribution is -2.01. The fraction of sp³-hybridized carbons (Fsp3) is 0.200. The summed E-state index contributed by atoms with van der Waals surface area (Å²) in [5, 5.41) is 19.6. The Balaban J connectivity index is 2.15. The first-order valence-electron chi connectivity index (χ1n) is 5.94. The third kappa shape index (κ3) is 3.63. The lowest BCUT2D eigenvalue weighted by Gasteiger charge is -2.14. The van der Waals surface area contributed by atoms with Crippen molar-refractivity contribution in [2.75, 3.05) is 0 Å². The number of halogens is 1. The Morgan fingerprint density at radius 3 is 2.68 bits per heavy atom. The lowest BCUT2D eigenvalue weighted by atomic mass is 10.1. The zero-order valence-electron chi connectivity index (χ0n) is 10.5. The quantitative estimate of drug-likeness (QED) is 0.897. The van der Waals surface area contributed by atoms with Gasteiger partial charge in [0.15, 0.2) is 0 Å². The van der Waals surface area contributed by atoms with Gasteiger partial charge in [-0.2, -0.15) is 0 Å². The standard InChI is InChI=1S/C15H15ClO3/c1-10(17)14-8-12(16)5-6-15(14)19-9-11-3-2-4-13(18)7-11/h2-8,10,17-18H,9H2,1H3/t10-/m0/s1. The van der Waals surface area contributed by atoms with Crippen LogP contribution in [-0.4, -0.2) is 10.2 Å².